The molecule has 1 aliphatic rings. The van der Waals surface area contributed by atoms with Crippen LogP contribution in [0.1, 0.15) is 36.5 Å². The molecule has 2 aromatic rings. The zero-order valence-electron chi connectivity index (χ0n) is 13.8. The maximum Gasteiger partial charge on any atom is 0.234 e. The van der Waals surface area contributed by atoms with Gasteiger partial charge in [-0.3, -0.25) is 4.79 Å². The van der Waals surface area contributed by atoms with Crippen molar-refractivity contribution in [3.63, 3.8) is 0 Å². The SMILES string of the molecule is COCc1cccc(NC(=O)C2(C)CCCc3ccccc32)c1. The van der Waals surface area contributed by atoms with E-state index in [1.165, 1.54) is 5.56 Å². The van der Waals surface area contributed by atoms with Crippen molar-refractivity contribution >= 4 is 11.6 Å². The summed E-state index contributed by atoms with van der Waals surface area (Å²) in [4.78, 5) is 13.0. The van der Waals surface area contributed by atoms with Gasteiger partial charge in [0.2, 0.25) is 5.91 Å². The van der Waals surface area contributed by atoms with Crippen LogP contribution in [0.5, 0.6) is 0 Å². The quantitative estimate of drug-likeness (QED) is 0.924. The fourth-order valence-corrected chi connectivity index (χ4v) is 3.45. The van der Waals surface area contributed by atoms with Crippen LogP contribution in [0.3, 0.4) is 0 Å². The number of hydrogen-bond donors (Lipinski definition) is 1. The standard InChI is InChI=1S/C20H23NO2/c1-20(12-6-9-16-8-3-4-11-18(16)20)19(22)21-17-10-5-7-15(13-17)14-23-2/h3-5,7-8,10-11,13H,6,9,12,14H2,1-2H3,(H,21,22). The molecule has 0 heterocycles. The van der Waals surface area contributed by atoms with Crippen LogP contribution >= 0.6 is 0 Å². The number of carbonyl (C=O) groups excluding carboxylic acids is 1. The summed E-state index contributed by atoms with van der Waals surface area (Å²) in [6.45, 7) is 2.60. The molecule has 1 aliphatic carbocycles. The van der Waals surface area contributed by atoms with E-state index in [9.17, 15) is 4.79 Å². The minimum Gasteiger partial charge on any atom is -0.380 e. The molecule has 0 aliphatic heterocycles. The summed E-state index contributed by atoms with van der Waals surface area (Å²) in [5.41, 5.74) is 3.88. The molecule has 1 amide bonds. The van der Waals surface area contributed by atoms with Gasteiger partial charge in [0.15, 0.2) is 0 Å². The van der Waals surface area contributed by atoms with Gasteiger partial charge in [-0.15, -0.1) is 0 Å². The van der Waals surface area contributed by atoms with E-state index >= 15 is 0 Å². The Labute approximate surface area is 137 Å². The summed E-state index contributed by atoms with van der Waals surface area (Å²) in [5.74, 6) is 0.0687. The highest BCUT2D eigenvalue weighted by Gasteiger charge is 2.38. The van der Waals surface area contributed by atoms with E-state index in [1.54, 1.807) is 7.11 Å². The number of rotatable bonds is 4. The number of ether oxygens (including phenoxy) is 1. The molecule has 0 radical (unpaired) electrons. The van der Waals surface area contributed by atoms with E-state index in [2.05, 4.69) is 30.4 Å². The van der Waals surface area contributed by atoms with E-state index in [0.717, 1.165) is 36.1 Å². The second-order valence-electron chi connectivity index (χ2n) is 6.43. The Hall–Kier alpha value is -2.13. The van der Waals surface area contributed by atoms with Crippen molar-refractivity contribution in [2.24, 2.45) is 0 Å². The number of fused-ring (bicyclic) bond motifs is 1. The summed E-state index contributed by atoms with van der Waals surface area (Å²) in [6.07, 6.45) is 2.99. The molecule has 23 heavy (non-hydrogen) atoms. The molecule has 1 unspecified atom stereocenters. The Morgan fingerprint density at radius 3 is 2.87 bits per heavy atom. The Kier molecular flexibility index (Phi) is 4.49. The van der Waals surface area contributed by atoms with Crippen LogP contribution in [0, 0.1) is 0 Å². The van der Waals surface area contributed by atoms with Crippen molar-refractivity contribution in [2.75, 3.05) is 12.4 Å². The summed E-state index contributed by atoms with van der Waals surface area (Å²) in [5, 5.41) is 3.10. The third-order valence-corrected chi connectivity index (χ3v) is 4.73. The molecular weight excluding hydrogens is 286 g/mol. The maximum atomic E-state index is 13.0. The van der Waals surface area contributed by atoms with Gasteiger partial charge in [-0.05, 0) is 55.0 Å². The number of carbonyl (C=O) groups is 1. The lowest BCUT2D eigenvalue weighted by Gasteiger charge is -2.34. The molecule has 0 saturated carbocycles. The zero-order chi connectivity index (χ0) is 16.3. The van der Waals surface area contributed by atoms with E-state index in [4.69, 9.17) is 4.74 Å². The van der Waals surface area contributed by atoms with Crippen LogP contribution in [0.15, 0.2) is 48.5 Å². The predicted octanol–water partition coefficient (Wildman–Crippen LogP) is 4.07. The predicted molar refractivity (Wildman–Crippen MR) is 92.5 cm³/mol. The smallest absolute Gasteiger partial charge is 0.234 e. The molecule has 120 valence electrons. The highest BCUT2D eigenvalue weighted by Crippen LogP contribution is 2.38. The van der Waals surface area contributed by atoms with Gasteiger partial charge in [-0.25, -0.2) is 0 Å². The van der Waals surface area contributed by atoms with Crippen molar-refractivity contribution in [1.29, 1.82) is 0 Å². The van der Waals surface area contributed by atoms with Gasteiger partial charge in [0.1, 0.15) is 0 Å². The molecule has 0 bridgehead atoms. The van der Waals surface area contributed by atoms with E-state index in [0.29, 0.717) is 6.61 Å². The number of benzene rings is 2. The maximum absolute atomic E-state index is 13.0. The Bertz CT molecular complexity index is 710. The summed E-state index contributed by atoms with van der Waals surface area (Å²) in [6, 6.07) is 16.1. The monoisotopic (exact) mass is 309 g/mol. The summed E-state index contributed by atoms with van der Waals surface area (Å²) < 4.78 is 5.16. The second-order valence-corrected chi connectivity index (χ2v) is 6.43. The van der Waals surface area contributed by atoms with Crippen LogP contribution in [-0.2, 0) is 28.0 Å². The first-order valence-electron chi connectivity index (χ1n) is 8.11. The van der Waals surface area contributed by atoms with Crippen molar-refractivity contribution in [3.05, 3.63) is 65.2 Å². The summed E-state index contributed by atoms with van der Waals surface area (Å²) >= 11 is 0. The van der Waals surface area contributed by atoms with Gasteiger partial charge >= 0.3 is 0 Å². The van der Waals surface area contributed by atoms with Crippen LogP contribution < -0.4 is 5.32 Å². The molecule has 0 spiro atoms. The Morgan fingerprint density at radius 1 is 1.22 bits per heavy atom. The Balaban J connectivity index is 1.85. The van der Waals surface area contributed by atoms with E-state index < -0.39 is 5.41 Å². The van der Waals surface area contributed by atoms with Crippen LogP contribution in [0.2, 0.25) is 0 Å². The molecule has 2 aromatic carbocycles. The number of hydrogen-bond acceptors (Lipinski definition) is 2. The van der Waals surface area contributed by atoms with Crippen LogP contribution in [0.25, 0.3) is 0 Å². The van der Waals surface area contributed by atoms with Gasteiger partial charge in [-0.1, -0.05) is 36.4 Å². The molecule has 0 aromatic heterocycles. The van der Waals surface area contributed by atoms with Gasteiger partial charge < -0.3 is 10.1 Å². The number of methoxy groups -OCH3 is 1. The number of amides is 1. The molecular formula is C20H23NO2. The first-order valence-corrected chi connectivity index (χ1v) is 8.11. The molecule has 0 saturated heterocycles. The lowest BCUT2D eigenvalue weighted by Crippen LogP contribution is -2.40. The first-order chi connectivity index (χ1) is 11.1. The van der Waals surface area contributed by atoms with E-state index in [1.807, 2.05) is 30.3 Å². The van der Waals surface area contributed by atoms with Crippen molar-refractivity contribution < 1.29 is 9.53 Å². The number of aryl methyl sites for hydroxylation is 1. The lowest BCUT2D eigenvalue weighted by molar-refractivity contribution is -0.121. The van der Waals surface area contributed by atoms with Crippen molar-refractivity contribution in [1.82, 2.24) is 0 Å². The molecule has 3 nitrogen and oxygen atoms in total. The van der Waals surface area contributed by atoms with Crippen LogP contribution in [-0.4, -0.2) is 13.0 Å². The molecule has 0 fully saturated rings. The van der Waals surface area contributed by atoms with Crippen LogP contribution in [0.4, 0.5) is 5.69 Å². The third kappa shape index (κ3) is 3.15. The number of nitrogens with one attached hydrogen (secondary N) is 1. The van der Waals surface area contributed by atoms with Crippen molar-refractivity contribution in [3.8, 4) is 0 Å². The molecule has 3 rings (SSSR count). The van der Waals surface area contributed by atoms with Gasteiger partial charge in [0.05, 0.1) is 12.0 Å². The highest BCUT2D eigenvalue weighted by molar-refractivity contribution is 5.99. The van der Waals surface area contributed by atoms with Gasteiger partial charge in [0.25, 0.3) is 0 Å². The third-order valence-electron chi connectivity index (χ3n) is 4.73. The Morgan fingerprint density at radius 2 is 2.04 bits per heavy atom. The molecule has 3 heteroatoms. The lowest BCUT2D eigenvalue weighted by atomic mass is 9.70. The topological polar surface area (TPSA) is 38.3 Å². The van der Waals surface area contributed by atoms with Gasteiger partial charge in [-0.2, -0.15) is 0 Å². The van der Waals surface area contributed by atoms with Crippen molar-refractivity contribution in [2.45, 2.75) is 38.2 Å². The normalized spacial score (nSPS) is 19.9. The second kappa shape index (κ2) is 6.55. The average Bonchev–Trinajstić information content (AvgIpc) is 2.56. The van der Waals surface area contributed by atoms with Gasteiger partial charge in [0, 0.05) is 12.8 Å². The first kappa shape index (κ1) is 15.8. The zero-order valence-corrected chi connectivity index (χ0v) is 13.8. The fourth-order valence-electron chi connectivity index (χ4n) is 3.45. The summed E-state index contributed by atoms with van der Waals surface area (Å²) in [7, 11) is 1.67. The molecule has 1 atom stereocenters. The fraction of sp³-hybridized carbons (Fsp3) is 0.350. The number of anilines is 1. The minimum absolute atomic E-state index is 0.0687. The molecule has 1 N–H and O–H groups in total. The highest BCUT2D eigenvalue weighted by atomic mass is 16.5. The largest absolute Gasteiger partial charge is 0.380 e. The van der Waals surface area contributed by atoms with E-state index in [-0.39, 0.29) is 5.91 Å². The average molecular weight is 309 g/mol. The minimum atomic E-state index is -0.466.